The van der Waals surface area contributed by atoms with Crippen LogP contribution in [0.4, 0.5) is 0 Å². The van der Waals surface area contributed by atoms with Crippen LogP contribution in [0.5, 0.6) is 0 Å². The quantitative estimate of drug-likeness (QED) is 0.543. The van der Waals surface area contributed by atoms with Crippen LogP contribution in [-0.4, -0.2) is 35.0 Å². The maximum absolute atomic E-state index is 11.7. The highest BCUT2D eigenvalue weighted by Gasteiger charge is 2.21. The highest BCUT2D eigenvalue weighted by atomic mass is 16.5. The summed E-state index contributed by atoms with van der Waals surface area (Å²) in [5.41, 5.74) is 0.532. The van der Waals surface area contributed by atoms with Gasteiger partial charge in [-0.3, -0.25) is 0 Å². The smallest absolute Gasteiger partial charge is 0.338 e. The van der Waals surface area contributed by atoms with E-state index in [-0.39, 0.29) is 18.5 Å². The Balaban J connectivity index is 2.23. The Morgan fingerprint density at radius 1 is 1.14 bits per heavy atom. The first kappa shape index (κ1) is 17.7. The van der Waals surface area contributed by atoms with Crippen molar-refractivity contribution in [3.63, 3.8) is 0 Å². The molecule has 0 aliphatic carbocycles. The molecule has 2 N–H and O–H groups in total. The second kappa shape index (κ2) is 9.53. The molecule has 0 heterocycles. The molecule has 0 radical (unpaired) electrons. The third-order valence-electron chi connectivity index (χ3n) is 3.69. The molecule has 118 valence electrons. The lowest BCUT2D eigenvalue weighted by atomic mass is 9.92. The molecular formula is C17H26O4. The van der Waals surface area contributed by atoms with E-state index in [0.29, 0.717) is 24.8 Å². The number of ether oxygens (including phenoxy) is 1. The second-order valence-electron chi connectivity index (χ2n) is 5.43. The van der Waals surface area contributed by atoms with Gasteiger partial charge in [0, 0.05) is 5.92 Å². The average molecular weight is 294 g/mol. The van der Waals surface area contributed by atoms with Gasteiger partial charge in [-0.25, -0.2) is 4.79 Å². The Morgan fingerprint density at radius 2 is 1.76 bits per heavy atom. The standard InChI is InChI=1S/C17H26O4/c1-3-8-15(18)13(2)16(19)11-7-12-21-17(20)14-9-5-4-6-10-14/h4-6,9-10,13,15-16,18-19H,3,7-8,11-12H2,1-2H3. The molecule has 1 aromatic rings. The summed E-state index contributed by atoms with van der Waals surface area (Å²) in [4.78, 5) is 11.7. The fourth-order valence-electron chi connectivity index (χ4n) is 2.19. The summed E-state index contributed by atoms with van der Waals surface area (Å²) in [6.45, 7) is 4.13. The topological polar surface area (TPSA) is 66.8 Å². The van der Waals surface area contributed by atoms with Gasteiger partial charge in [0.1, 0.15) is 0 Å². The molecule has 0 saturated carbocycles. The van der Waals surface area contributed by atoms with Crippen LogP contribution >= 0.6 is 0 Å². The fourth-order valence-corrected chi connectivity index (χ4v) is 2.19. The molecular weight excluding hydrogens is 268 g/mol. The van der Waals surface area contributed by atoms with E-state index >= 15 is 0 Å². The maximum atomic E-state index is 11.7. The zero-order valence-electron chi connectivity index (χ0n) is 12.9. The molecule has 0 aliphatic rings. The average Bonchev–Trinajstić information content (AvgIpc) is 2.51. The minimum atomic E-state index is -0.568. The SMILES string of the molecule is CCCC(O)C(C)C(O)CCCOC(=O)c1ccccc1. The summed E-state index contributed by atoms with van der Waals surface area (Å²) in [5, 5.41) is 19.8. The number of benzene rings is 1. The van der Waals surface area contributed by atoms with Crippen molar-refractivity contribution >= 4 is 5.97 Å². The first-order valence-corrected chi connectivity index (χ1v) is 7.64. The highest BCUT2D eigenvalue weighted by molar-refractivity contribution is 5.89. The van der Waals surface area contributed by atoms with Gasteiger partial charge in [-0.15, -0.1) is 0 Å². The number of aliphatic hydroxyl groups excluding tert-OH is 2. The predicted molar refractivity (Wildman–Crippen MR) is 82.0 cm³/mol. The maximum Gasteiger partial charge on any atom is 0.338 e. The van der Waals surface area contributed by atoms with Crippen LogP contribution in [0.25, 0.3) is 0 Å². The molecule has 0 bridgehead atoms. The third-order valence-corrected chi connectivity index (χ3v) is 3.69. The summed E-state index contributed by atoms with van der Waals surface area (Å²) < 4.78 is 5.15. The van der Waals surface area contributed by atoms with Crippen LogP contribution in [0.1, 0.15) is 49.9 Å². The molecule has 3 unspecified atom stereocenters. The second-order valence-corrected chi connectivity index (χ2v) is 5.43. The molecule has 4 heteroatoms. The zero-order valence-corrected chi connectivity index (χ0v) is 12.9. The van der Waals surface area contributed by atoms with E-state index in [0.717, 1.165) is 6.42 Å². The Morgan fingerprint density at radius 3 is 2.38 bits per heavy atom. The van der Waals surface area contributed by atoms with Crippen molar-refractivity contribution in [3.05, 3.63) is 35.9 Å². The summed E-state index contributed by atoms with van der Waals surface area (Å²) in [7, 11) is 0. The monoisotopic (exact) mass is 294 g/mol. The van der Waals surface area contributed by atoms with Crippen molar-refractivity contribution in [2.24, 2.45) is 5.92 Å². The van der Waals surface area contributed by atoms with Gasteiger partial charge in [-0.05, 0) is 31.4 Å². The Labute approximate surface area is 126 Å². The van der Waals surface area contributed by atoms with Gasteiger partial charge in [0.05, 0.1) is 24.4 Å². The van der Waals surface area contributed by atoms with Crippen molar-refractivity contribution < 1.29 is 19.7 Å². The molecule has 1 aromatic carbocycles. The molecule has 0 spiro atoms. The number of carbonyl (C=O) groups is 1. The lowest BCUT2D eigenvalue weighted by molar-refractivity contribution is 0.00809. The zero-order chi connectivity index (χ0) is 15.7. The van der Waals surface area contributed by atoms with Crippen LogP contribution in [0, 0.1) is 5.92 Å². The molecule has 4 nitrogen and oxygen atoms in total. The van der Waals surface area contributed by atoms with E-state index in [1.54, 1.807) is 24.3 Å². The van der Waals surface area contributed by atoms with Crippen LogP contribution in [0.3, 0.4) is 0 Å². The molecule has 3 atom stereocenters. The summed E-state index contributed by atoms with van der Waals surface area (Å²) in [6, 6.07) is 8.84. The molecule has 0 saturated heterocycles. The lowest BCUT2D eigenvalue weighted by Gasteiger charge is -2.23. The summed E-state index contributed by atoms with van der Waals surface area (Å²) in [5.74, 6) is -0.501. The van der Waals surface area contributed by atoms with Crippen molar-refractivity contribution in [2.75, 3.05) is 6.61 Å². The Kier molecular flexibility index (Phi) is 8.01. The van der Waals surface area contributed by atoms with Crippen LogP contribution in [0.2, 0.25) is 0 Å². The normalized spacial score (nSPS) is 15.2. The van der Waals surface area contributed by atoms with Gasteiger partial charge in [-0.2, -0.15) is 0 Å². The first-order valence-electron chi connectivity index (χ1n) is 7.64. The first-order chi connectivity index (χ1) is 10.1. The van der Waals surface area contributed by atoms with E-state index in [2.05, 4.69) is 0 Å². The van der Waals surface area contributed by atoms with E-state index in [9.17, 15) is 15.0 Å². The van der Waals surface area contributed by atoms with Gasteiger partial charge in [0.25, 0.3) is 0 Å². The van der Waals surface area contributed by atoms with E-state index in [1.807, 2.05) is 19.9 Å². The molecule has 0 aromatic heterocycles. The number of hydrogen-bond acceptors (Lipinski definition) is 4. The molecule has 1 rings (SSSR count). The van der Waals surface area contributed by atoms with Gasteiger partial charge in [-0.1, -0.05) is 38.5 Å². The lowest BCUT2D eigenvalue weighted by Crippen LogP contribution is -2.29. The van der Waals surface area contributed by atoms with Crippen LogP contribution in [-0.2, 0) is 4.74 Å². The van der Waals surface area contributed by atoms with Crippen molar-refractivity contribution in [1.29, 1.82) is 0 Å². The summed E-state index contributed by atoms with van der Waals surface area (Å²) in [6.07, 6.45) is 1.65. The summed E-state index contributed by atoms with van der Waals surface area (Å²) >= 11 is 0. The number of esters is 1. The number of aliphatic hydroxyl groups is 2. The third kappa shape index (κ3) is 6.27. The van der Waals surface area contributed by atoms with E-state index < -0.39 is 12.2 Å². The van der Waals surface area contributed by atoms with Gasteiger partial charge in [0.2, 0.25) is 0 Å². The van der Waals surface area contributed by atoms with E-state index in [1.165, 1.54) is 0 Å². The minimum Gasteiger partial charge on any atom is -0.462 e. The van der Waals surface area contributed by atoms with Gasteiger partial charge in [0.15, 0.2) is 0 Å². The predicted octanol–water partition coefficient (Wildman–Crippen LogP) is 2.78. The number of carbonyl (C=O) groups excluding carboxylic acids is 1. The highest BCUT2D eigenvalue weighted by Crippen LogP contribution is 2.17. The molecule has 0 amide bonds. The van der Waals surface area contributed by atoms with Crippen molar-refractivity contribution in [1.82, 2.24) is 0 Å². The minimum absolute atomic E-state index is 0.158. The molecule has 0 aliphatic heterocycles. The van der Waals surface area contributed by atoms with Crippen molar-refractivity contribution in [2.45, 2.75) is 51.7 Å². The fraction of sp³-hybridized carbons (Fsp3) is 0.588. The number of hydrogen-bond donors (Lipinski definition) is 2. The van der Waals surface area contributed by atoms with Crippen molar-refractivity contribution in [3.8, 4) is 0 Å². The van der Waals surface area contributed by atoms with Gasteiger partial charge < -0.3 is 14.9 Å². The van der Waals surface area contributed by atoms with Crippen LogP contribution < -0.4 is 0 Å². The Hall–Kier alpha value is -1.39. The molecule has 0 fully saturated rings. The van der Waals surface area contributed by atoms with Gasteiger partial charge >= 0.3 is 5.97 Å². The number of rotatable bonds is 9. The largest absolute Gasteiger partial charge is 0.462 e. The molecule has 21 heavy (non-hydrogen) atoms. The van der Waals surface area contributed by atoms with Crippen LogP contribution in [0.15, 0.2) is 30.3 Å². The Bertz CT molecular complexity index is 405. The van der Waals surface area contributed by atoms with E-state index in [4.69, 9.17) is 4.74 Å².